The SMILES string of the molecule is C.C.CNc1ccc(NC(=O)c2ccc(C(C)=O)cc2)cc1. The molecule has 0 saturated heterocycles. The molecule has 118 valence electrons. The Kier molecular flexibility index (Phi) is 7.59. The van der Waals surface area contributed by atoms with E-state index < -0.39 is 0 Å². The lowest BCUT2D eigenvalue weighted by molar-refractivity contribution is 0.101. The smallest absolute Gasteiger partial charge is 0.255 e. The van der Waals surface area contributed by atoms with Gasteiger partial charge in [0.2, 0.25) is 0 Å². The number of Topliss-reactive ketones (excluding diaryl/α,β-unsaturated/α-hetero) is 1. The van der Waals surface area contributed by atoms with Crippen LogP contribution >= 0.6 is 0 Å². The number of amides is 1. The van der Waals surface area contributed by atoms with Crippen molar-refractivity contribution in [2.75, 3.05) is 17.7 Å². The van der Waals surface area contributed by atoms with E-state index in [-0.39, 0.29) is 26.5 Å². The van der Waals surface area contributed by atoms with Crippen LogP contribution in [0.1, 0.15) is 42.5 Å². The Morgan fingerprint density at radius 2 is 1.23 bits per heavy atom. The van der Waals surface area contributed by atoms with Crippen LogP contribution in [-0.2, 0) is 0 Å². The van der Waals surface area contributed by atoms with Crippen LogP contribution in [0.4, 0.5) is 11.4 Å². The van der Waals surface area contributed by atoms with Crippen LogP contribution in [-0.4, -0.2) is 18.7 Å². The summed E-state index contributed by atoms with van der Waals surface area (Å²) < 4.78 is 0. The van der Waals surface area contributed by atoms with Gasteiger partial charge >= 0.3 is 0 Å². The average molecular weight is 300 g/mol. The third-order valence-corrected chi connectivity index (χ3v) is 2.99. The van der Waals surface area contributed by atoms with Crippen LogP contribution in [0.5, 0.6) is 0 Å². The molecule has 0 atom stereocenters. The molecular weight excluding hydrogens is 276 g/mol. The van der Waals surface area contributed by atoms with Gasteiger partial charge in [0, 0.05) is 29.5 Å². The second-order valence-electron chi connectivity index (χ2n) is 4.42. The summed E-state index contributed by atoms with van der Waals surface area (Å²) in [5, 5.41) is 5.82. The minimum Gasteiger partial charge on any atom is -0.388 e. The third-order valence-electron chi connectivity index (χ3n) is 2.99. The highest BCUT2D eigenvalue weighted by molar-refractivity contribution is 6.05. The first-order valence-corrected chi connectivity index (χ1v) is 6.30. The van der Waals surface area contributed by atoms with E-state index in [1.54, 1.807) is 24.3 Å². The maximum atomic E-state index is 12.0. The Morgan fingerprint density at radius 3 is 1.68 bits per heavy atom. The zero-order chi connectivity index (χ0) is 14.5. The zero-order valence-electron chi connectivity index (χ0n) is 11.4. The Balaban J connectivity index is 0.00000220. The summed E-state index contributed by atoms with van der Waals surface area (Å²) in [5.41, 5.74) is 2.83. The molecule has 1 amide bonds. The van der Waals surface area contributed by atoms with Crippen LogP contribution in [0.25, 0.3) is 0 Å². The standard InChI is InChI=1S/C16H16N2O2.2CH4/c1-11(19)12-3-5-13(6-4-12)16(20)18-15-9-7-14(17-2)8-10-15;;/h3-10,17H,1-2H3,(H,18,20);2*1H4. The molecule has 4 heteroatoms. The first-order chi connectivity index (χ1) is 9.60. The van der Waals surface area contributed by atoms with Crippen LogP contribution in [0, 0.1) is 0 Å². The first kappa shape index (κ1) is 19.4. The fourth-order valence-corrected chi connectivity index (χ4v) is 1.78. The van der Waals surface area contributed by atoms with Gasteiger partial charge in [0.1, 0.15) is 0 Å². The average Bonchev–Trinajstić information content (AvgIpc) is 2.48. The molecule has 0 aromatic heterocycles. The maximum absolute atomic E-state index is 12.0. The second kappa shape index (κ2) is 8.62. The normalized spacial score (nSPS) is 9.00. The number of anilines is 2. The summed E-state index contributed by atoms with van der Waals surface area (Å²) in [6, 6.07) is 14.0. The van der Waals surface area contributed by atoms with Crippen molar-refractivity contribution in [2.24, 2.45) is 0 Å². The monoisotopic (exact) mass is 300 g/mol. The molecule has 2 rings (SSSR count). The van der Waals surface area contributed by atoms with Gasteiger partial charge in [-0.1, -0.05) is 27.0 Å². The molecule has 4 nitrogen and oxygen atoms in total. The van der Waals surface area contributed by atoms with Gasteiger partial charge in [0.05, 0.1) is 0 Å². The van der Waals surface area contributed by atoms with Gasteiger partial charge < -0.3 is 10.6 Å². The Labute approximate surface area is 132 Å². The van der Waals surface area contributed by atoms with Crippen LogP contribution < -0.4 is 10.6 Å². The number of carbonyl (C=O) groups excluding carboxylic acids is 2. The van der Waals surface area contributed by atoms with Gasteiger partial charge in [0.25, 0.3) is 5.91 Å². The topological polar surface area (TPSA) is 58.2 Å². The van der Waals surface area contributed by atoms with Crippen molar-refractivity contribution in [3.8, 4) is 0 Å². The van der Waals surface area contributed by atoms with Crippen molar-refractivity contribution < 1.29 is 9.59 Å². The minimum atomic E-state index is -0.197. The molecule has 0 saturated carbocycles. The summed E-state index contributed by atoms with van der Waals surface area (Å²) in [7, 11) is 1.84. The molecule has 0 unspecified atom stereocenters. The molecule has 0 radical (unpaired) electrons. The van der Waals surface area contributed by atoms with Gasteiger partial charge in [-0.3, -0.25) is 9.59 Å². The Morgan fingerprint density at radius 1 is 0.773 bits per heavy atom. The second-order valence-corrected chi connectivity index (χ2v) is 4.42. The van der Waals surface area contributed by atoms with E-state index in [0.29, 0.717) is 11.1 Å². The van der Waals surface area contributed by atoms with Crippen LogP contribution in [0.15, 0.2) is 48.5 Å². The largest absolute Gasteiger partial charge is 0.388 e. The van der Waals surface area contributed by atoms with E-state index >= 15 is 0 Å². The van der Waals surface area contributed by atoms with E-state index in [9.17, 15) is 9.59 Å². The van der Waals surface area contributed by atoms with Crippen LogP contribution in [0.3, 0.4) is 0 Å². The number of ketones is 1. The van der Waals surface area contributed by atoms with E-state index in [1.807, 2.05) is 31.3 Å². The van der Waals surface area contributed by atoms with Crippen molar-refractivity contribution in [1.82, 2.24) is 0 Å². The van der Waals surface area contributed by atoms with E-state index in [2.05, 4.69) is 10.6 Å². The van der Waals surface area contributed by atoms with E-state index in [0.717, 1.165) is 11.4 Å². The Hall–Kier alpha value is -2.62. The quantitative estimate of drug-likeness (QED) is 0.820. The molecule has 2 aromatic rings. The van der Waals surface area contributed by atoms with Crippen molar-refractivity contribution in [1.29, 1.82) is 0 Å². The van der Waals surface area contributed by atoms with Crippen LogP contribution in [0.2, 0.25) is 0 Å². The molecule has 0 aliphatic carbocycles. The molecule has 2 N–H and O–H groups in total. The highest BCUT2D eigenvalue weighted by Gasteiger charge is 2.07. The highest BCUT2D eigenvalue weighted by atomic mass is 16.1. The van der Waals surface area contributed by atoms with E-state index in [4.69, 9.17) is 0 Å². The van der Waals surface area contributed by atoms with E-state index in [1.165, 1.54) is 6.92 Å². The summed E-state index contributed by atoms with van der Waals surface area (Å²) in [6.45, 7) is 1.50. The molecule has 2 aromatic carbocycles. The molecule has 0 aliphatic rings. The number of hydrogen-bond donors (Lipinski definition) is 2. The lowest BCUT2D eigenvalue weighted by Crippen LogP contribution is -2.12. The van der Waals surface area contributed by atoms with Gasteiger partial charge in [0.15, 0.2) is 5.78 Å². The summed E-state index contributed by atoms with van der Waals surface area (Å²) >= 11 is 0. The molecule has 22 heavy (non-hydrogen) atoms. The Bertz CT molecular complexity index is 617. The summed E-state index contributed by atoms with van der Waals surface area (Å²) in [4.78, 5) is 23.2. The molecule has 0 fully saturated rings. The number of rotatable bonds is 4. The number of carbonyl (C=O) groups is 2. The van der Waals surface area contributed by atoms with Crippen molar-refractivity contribution in [3.63, 3.8) is 0 Å². The lowest BCUT2D eigenvalue weighted by atomic mass is 10.1. The first-order valence-electron chi connectivity index (χ1n) is 6.30. The van der Waals surface area contributed by atoms with Crippen molar-refractivity contribution in [3.05, 3.63) is 59.7 Å². The van der Waals surface area contributed by atoms with Gasteiger partial charge in [-0.05, 0) is 43.3 Å². The number of benzene rings is 2. The van der Waals surface area contributed by atoms with Gasteiger partial charge in [-0.15, -0.1) is 0 Å². The minimum absolute atomic E-state index is 0. The van der Waals surface area contributed by atoms with Gasteiger partial charge in [-0.2, -0.15) is 0 Å². The van der Waals surface area contributed by atoms with Gasteiger partial charge in [-0.25, -0.2) is 0 Å². The molecular formula is C18H24N2O2. The maximum Gasteiger partial charge on any atom is 0.255 e. The van der Waals surface area contributed by atoms with Crippen molar-refractivity contribution in [2.45, 2.75) is 21.8 Å². The predicted molar refractivity (Wildman–Crippen MR) is 93.9 cm³/mol. The molecule has 0 bridgehead atoms. The molecule has 0 heterocycles. The third kappa shape index (κ3) is 4.74. The fraction of sp³-hybridized carbons (Fsp3) is 0.222. The highest BCUT2D eigenvalue weighted by Crippen LogP contribution is 2.14. The molecule has 0 aliphatic heterocycles. The zero-order valence-corrected chi connectivity index (χ0v) is 11.4. The summed E-state index contributed by atoms with van der Waals surface area (Å²) in [5.74, 6) is -0.211. The fourth-order valence-electron chi connectivity index (χ4n) is 1.78. The number of hydrogen-bond acceptors (Lipinski definition) is 3. The molecule has 0 spiro atoms. The number of nitrogens with one attached hydrogen (secondary N) is 2. The summed E-state index contributed by atoms with van der Waals surface area (Å²) in [6.07, 6.45) is 0. The van der Waals surface area contributed by atoms with Crippen molar-refractivity contribution >= 4 is 23.1 Å². The lowest BCUT2D eigenvalue weighted by Gasteiger charge is -2.07. The predicted octanol–water partition coefficient (Wildman–Crippen LogP) is 4.46.